The third-order valence-corrected chi connectivity index (χ3v) is 5.91. The summed E-state index contributed by atoms with van der Waals surface area (Å²) in [7, 11) is 0. The average molecular weight is 442 g/mol. The highest BCUT2D eigenvalue weighted by molar-refractivity contribution is 7.13. The summed E-state index contributed by atoms with van der Waals surface area (Å²) in [5.74, 6) is 0.527. The van der Waals surface area contributed by atoms with Crippen molar-refractivity contribution in [3.8, 4) is 5.75 Å². The molecule has 6 heteroatoms. The number of benzene rings is 3. The predicted octanol–water partition coefficient (Wildman–Crippen LogP) is 5.39. The van der Waals surface area contributed by atoms with Crippen LogP contribution in [0.5, 0.6) is 5.75 Å². The minimum atomic E-state index is -0.252. The van der Waals surface area contributed by atoms with Crippen molar-refractivity contribution >= 4 is 23.5 Å². The van der Waals surface area contributed by atoms with Crippen LogP contribution >= 0.6 is 11.3 Å². The second-order valence-corrected chi connectivity index (χ2v) is 8.31. The highest BCUT2D eigenvalue weighted by Crippen LogP contribution is 2.21. The minimum Gasteiger partial charge on any atom is -0.489 e. The number of rotatable bonds is 8. The number of nitrogens with zero attached hydrogens (tertiary/aromatic N) is 2. The van der Waals surface area contributed by atoms with E-state index >= 15 is 0 Å². The first-order chi connectivity index (χ1) is 15.7. The molecule has 4 aromatic rings. The number of hydrazone groups is 1. The van der Waals surface area contributed by atoms with Crippen LogP contribution in [-0.2, 0) is 13.0 Å². The van der Waals surface area contributed by atoms with Crippen molar-refractivity contribution in [1.29, 1.82) is 0 Å². The Morgan fingerprint density at radius 3 is 2.31 bits per heavy atom. The van der Waals surface area contributed by atoms with Crippen LogP contribution in [0.25, 0.3) is 0 Å². The number of hydrogen-bond acceptors (Lipinski definition) is 5. The molecule has 0 aliphatic carbocycles. The summed E-state index contributed by atoms with van der Waals surface area (Å²) in [6.07, 6.45) is 2.32. The van der Waals surface area contributed by atoms with Crippen LogP contribution in [0.15, 0.2) is 90.0 Å². The van der Waals surface area contributed by atoms with E-state index in [-0.39, 0.29) is 5.91 Å². The maximum atomic E-state index is 12.5. The monoisotopic (exact) mass is 441 g/mol. The minimum absolute atomic E-state index is 0.252. The fourth-order valence-corrected chi connectivity index (χ4v) is 4.11. The van der Waals surface area contributed by atoms with Gasteiger partial charge < -0.3 is 4.74 Å². The van der Waals surface area contributed by atoms with E-state index < -0.39 is 0 Å². The van der Waals surface area contributed by atoms with Crippen LogP contribution < -0.4 is 10.2 Å². The van der Waals surface area contributed by atoms with Gasteiger partial charge in [-0.3, -0.25) is 4.79 Å². The number of hydrogen-bond donors (Lipinski definition) is 1. The standard InChI is InChI=1S/C26H23N3O2S/c1-19-25(32-24(28-19)16-20-8-4-2-5-9-20)26(30)29-27-17-21-12-14-23(15-13-21)31-18-22-10-6-3-7-11-22/h2-15,17H,16,18H2,1H3,(H,29,30). The number of amides is 1. The zero-order valence-corrected chi connectivity index (χ0v) is 18.5. The molecule has 0 saturated carbocycles. The number of aryl methyl sites for hydroxylation is 1. The lowest BCUT2D eigenvalue weighted by Crippen LogP contribution is -2.17. The van der Waals surface area contributed by atoms with Gasteiger partial charge in [0.1, 0.15) is 17.2 Å². The lowest BCUT2D eigenvalue weighted by molar-refractivity contribution is 0.0958. The molecule has 160 valence electrons. The van der Waals surface area contributed by atoms with Crippen molar-refractivity contribution in [2.24, 2.45) is 5.10 Å². The largest absolute Gasteiger partial charge is 0.489 e. The Kier molecular flexibility index (Phi) is 7.05. The van der Waals surface area contributed by atoms with Crippen LogP contribution in [0, 0.1) is 6.92 Å². The number of thiazole rings is 1. The van der Waals surface area contributed by atoms with E-state index in [0.29, 0.717) is 23.6 Å². The second kappa shape index (κ2) is 10.5. The molecule has 0 saturated heterocycles. The van der Waals surface area contributed by atoms with E-state index in [1.54, 1.807) is 6.21 Å². The van der Waals surface area contributed by atoms with E-state index in [1.807, 2.05) is 79.7 Å². The Balaban J connectivity index is 1.30. The number of carbonyl (C=O) groups is 1. The number of aromatic nitrogens is 1. The second-order valence-electron chi connectivity index (χ2n) is 7.23. The van der Waals surface area contributed by atoms with E-state index in [4.69, 9.17) is 4.74 Å². The van der Waals surface area contributed by atoms with Crippen molar-refractivity contribution in [2.45, 2.75) is 20.0 Å². The van der Waals surface area contributed by atoms with E-state index in [9.17, 15) is 4.79 Å². The molecule has 0 radical (unpaired) electrons. The van der Waals surface area contributed by atoms with Gasteiger partial charge in [-0.15, -0.1) is 11.3 Å². The van der Waals surface area contributed by atoms with Crippen molar-refractivity contribution in [2.75, 3.05) is 0 Å². The summed E-state index contributed by atoms with van der Waals surface area (Å²) in [6.45, 7) is 2.36. The van der Waals surface area contributed by atoms with Crippen LogP contribution in [0.2, 0.25) is 0 Å². The first-order valence-corrected chi connectivity index (χ1v) is 11.1. The van der Waals surface area contributed by atoms with Gasteiger partial charge in [-0.1, -0.05) is 60.7 Å². The molecule has 1 amide bonds. The third kappa shape index (κ3) is 5.89. The van der Waals surface area contributed by atoms with Gasteiger partial charge in [0.2, 0.25) is 0 Å². The molecule has 0 bridgehead atoms. The summed E-state index contributed by atoms with van der Waals surface area (Å²) in [5, 5.41) is 5.00. The van der Waals surface area contributed by atoms with Gasteiger partial charge in [0.15, 0.2) is 0 Å². The van der Waals surface area contributed by atoms with Gasteiger partial charge >= 0.3 is 0 Å². The quantitative estimate of drug-likeness (QED) is 0.295. The van der Waals surface area contributed by atoms with Crippen LogP contribution in [-0.4, -0.2) is 17.1 Å². The van der Waals surface area contributed by atoms with Crippen LogP contribution in [0.3, 0.4) is 0 Å². The maximum absolute atomic E-state index is 12.5. The molecule has 4 rings (SSSR count). The molecule has 1 heterocycles. The van der Waals surface area contributed by atoms with Gasteiger partial charge in [0.25, 0.3) is 5.91 Å². The zero-order chi connectivity index (χ0) is 22.2. The Morgan fingerprint density at radius 2 is 1.62 bits per heavy atom. The summed E-state index contributed by atoms with van der Waals surface area (Å²) in [5.41, 5.74) is 6.46. The highest BCUT2D eigenvalue weighted by Gasteiger charge is 2.15. The normalized spacial score (nSPS) is 10.9. The summed E-state index contributed by atoms with van der Waals surface area (Å²) in [4.78, 5) is 17.6. The molecule has 1 N–H and O–H groups in total. The van der Waals surface area contributed by atoms with Crippen LogP contribution in [0.4, 0.5) is 0 Å². The molecule has 32 heavy (non-hydrogen) atoms. The molecule has 0 aliphatic rings. The molecule has 0 spiro atoms. The predicted molar refractivity (Wildman–Crippen MR) is 128 cm³/mol. The maximum Gasteiger partial charge on any atom is 0.283 e. The molecule has 0 unspecified atom stereocenters. The molecule has 1 aromatic heterocycles. The van der Waals surface area contributed by atoms with Crippen molar-refractivity contribution < 1.29 is 9.53 Å². The number of ether oxygens (including phenoxy) is 1. The van der Waals surface area contributed by atoms with Gasteiger partial charge in [-0.05, 0) is 47.9 Å². The van der Waals surface area contributed by atoms with Gasteiger partial charge in [-0.25, -0.2) is 10.4 Å². The Morgan fingerprint density at radius 1 is 0.969 bits per heavy atom. The van der Waals surface area contributed by atoms with E-state index in [2.05, 4.69) is 27.6 Å². The average Bonchev–Trinajstić information content (AvgIpc) is 3.19. The molecular formula is C26H23N3O2S. The smallest absolute Gasteiger partial charge is 0.283 e. The molecule has 0 atom stereocenters. The highest BCUT2D eigenvalue weighted by atomic mass is 32.1. The molecule has 0 fully saturated rings. The fourth-order valence-electron chi connectivity index (χ4n) is 3.12. The van der Waals surface area contributed by atoms with E-state index in [0.717, 1.165) is 21.9 Å². The Hall–Kier alpha value is -3.77. The Labute approximate surface area is 191 Å². The number of carbonyl (C=O) groups excluding carboxylic acids is 1. The first kappa shape index (κ1) is 21.5. The SMILES string of the molecule is Cc1nc(Cc2ccccc2)sc1C(=O)NN=Cc1ccc(OCc2ccccc2)cc1. The summed E-state index contributed by atoms with van der Waals surface area (Å²) in [6, 6.07) is 27.7. The molecular weight excluding hydrogens is 418 g/mol. The topological polar surface area (TPSA) is 63.6 Å². The van der Waals surface area contributed by atoms with Gasteiger partial charge in [0, 0.05) is 6.42 Å². The van der Waals surface area contributed by atoms with Crippen molar-refractivity contribution in [1.82, 2.24) is 10.4 Å². The summed E-state index contributed by atoms with van der Waals surface area (Å²) >= 11 is 1.40. The van der Waals surface area contributed by atoms with Crippen LogP contribution in [0.1, 0.15) is 37.1 Å². The van der Waals surface area contributed by atoms with E-state index in [1.165, 1.54) is 16.9 Å². The number of nitrogens with one attached hydrogen (secondary N) is 1. The molecule has 3 aromatic carbocycles. The third-order valence-electron chi connectivity index (χ3n) is 4.75. The lowest BCUT2D eigenvalue weighted by Gasteiger charge is -2.06. The zero-order valence-electron chi connectivity index (χ0n) is 17.7. The lowest BCUT2D eigenvalue weighted by atomic mass is 10.2. The molecule has 0 aliphatic heterocycles. The fraction of sp³-hybridized carbons (Fsp3) is 0.115. The van der Waals surface area contributed by atoms with Gasteiger partial charge in [0.05, 0.1) is 16.9 Å². The van der Waals surface area contributed by atoms with Crippen molar-refractivity contribution in [3.05, 3.63) is 117 Å². The van der Waals surface area contributed by atoms with Crippen molar-refractivity contribution in [3.63, 3.8) is 0 Å². The van der Waals surface area contributed by atoms with Gasteiger partial charge in [-0.2, -0.15) is 5.10 Å². The molecule has 5 nitrogen and oxygen atoms in total. The first-order valence-electron chi connectivity index (χ1n) is 10.3. The Bertz CT molecular complexity index is 1190. The summed E-state index contributed by atoms with van der Waals surface area (Å²) < 4.78 is 5.79.